The molecule has 0 bridgehead atoms. The first kappa shape index (κ1) is 20.3. The number of aliphatic carboxylic acids is 1. The number of furan rings is 1. The molecule has 0 unspecified atom stereocenters. The Morgan fingerprint density at radius 1 is 1.38 bits per heavy atom. The van der Waals surface area contributed by atoms with Crippen molar-refractivity contribution in [1.29, 1.82) is 0 Å². The topological polar surface area (TPSA) is 135 Å². The summed E-state index contributed by atoms with van der Waals surface area (Å²) >= 11 is 0.925. The van der Waals surface area contributed by atoms with Gasteiger partial charge < -0.3 is 9.52 Å². The molecule has 9 nitrogen and oxygen atoms in total. The zero-order valence-electron chi connectivity index (χ0n) is 15.7. The molecule has 0 radical (unpaired) electrons. The van der Waals surface area contributed by atoms with Crippen LogP contribution in [0.25, 0.3) is 17.4 Å². The molecule has 29 heavy (non-hydrogen) atoms. The largest absolute Gasteiger partial charge is 0.477 e. The van der Waals surface area contributed by atoms with Gasteiger partial charge in [-0.25, -0.2) is 9.78 Å². The molecule has 150 valence electrons. The highest BCUT2D eigenvalue weighted by atomic mass is 32.2. The summed E-state index contributed by atoms with van der Waals surface area (Å²) in [6.45, 7) is 3.76. The van der Waals surface area contributed by atoms with Crippen LogP contribution >= 0.6 is 11.8 Å². The number of non-ortho nitro benzene ring substituents is 1. The maximum absolute atomic E-state index is 11.6. The zero-order valence-corrected chi connectivity index (χ0v) is 16.5. The Morgan fingerprint density at radius 2 is 2.17 bits per heavy atom. The maximum atomic E-state index is 11.6. The molecular weight excluding hydrogens is 396 g/mol. The summed E-state index contributed by atoms with van der Waals surface area (Å²) in [4.78, 5) is 26.3. The van der Waals surface area contributed by atoms with E-state index in [4.69, 9.17) is 4.42 Å². The Labute approximate surface area is 170 Å². The molecule has 0 amide bonds. The van der Waals surface area contributed by atoms with Crippen LogP contribution in [0.5, 0.6) is 0 Å². The number of aromatic nitrogens is 3. The highest BCUT2D eigenvalue weighted by Crippen LogP contribution is 2.31. The third-order valence-electron chi connectivity index (χ3n) is 4.00. The van der Waals surface area contributed by atoms with Crippen LogP contribution in [0, 0.1) is 17.0 Å². The molecule has 0 aliphatic carbocycles. The first-order chi connectivity index (χ1) is 13.9. The number of carboxylic acid groups (broad SMARTS) is 1. The average Bonchev–Trinajstić information content (AvgIpc) is 3.31. The predicted octanol–water partition coefficient (Wildman–Crippen LogP) is 4.45. The zero-order chi connectivity index (χ0) is 21.0. The van der Waals surface area contributed by atoms with Crippen molar-refractivity contribution in [3.05, 3.63) is 62.5 Å². The molecule has 2 N–H and O–H groups in total. The van der Waals surface area contributed by atoms with Crippen molar-refractivity contribution in [1.82, 2.24) is 15.2 Å². The summed E-state index contributed by atoms with van der Waals surface area (Å²) in [5.41, 5.74) is 1.37. The molecule has 2 aromatic heterocycles. The molecule has 0 aliphatic heterocycles. The van der Waals surface area contributed by atoms with Gasteiger partial charge in [-0.2, -0.15) is 0 Å². The first-order valence-corrected chi connectivity index (χ1v) is 9.58. The molecular formula is C19H18N4O5S. The number of thioether (sulfide) groups is 1. The van der Waals surface area contributed by atoms with Gasteiger partial charge in [0.05, 0.1) is 4.92 Å². The number of rotatable bonds is 8. The van der Waals surface area contributed by atoms with Gasteiger partial charge in [0.1, 0.15) is 22.3 Å². The number of aromatic amines is 1. The smallest absolute Gasteiger partial charge is 0.342 e. The van der Waals surface area contributed by atoms with Crippen LogP contribution in [0.3, 0.4) is 0 Å². The van der Waals surface area contributed by atoms with Gasteiger partial charge in [-0.1, -0.05) is 6.92 Å². The minimum Gasteiger partial charge on any atom is -0.477 e. The molecule has 1 aromatic carbocycles. The van der Waals surface area contributed by atoms with Crippen molar-refractivity contribution in [2.24, 2.45) is 0 Å². The van der Waals surface area contributed by atoms with Crippen molar-refractivity contribution < 1.29 is 19.2 Å². The third kappa shape index (κ3) is 4.91. The molecule has 0 saturated heterocycles. The van der Waals surface area contributed by atoms with Gasteiger partial charge >= 0.3 is 5.97 Å². The summed E-state index contributed by atoms with van der Waals surface area (Å²) in [7, 11) is 0. The Balaban J connectivity index is 1.84. The predicted molar refractivity (Wildman–Crippen MR) is 107 cm³/mol. The molecule has 0 spiro atoms. The van der Waals surface area contributed by atoms with Crippen LogP contribution in [0.1, 0.15) is 30.5 Å². The number of benzene rings is 1. The second-order valence-corrected chi connectivity index (χ2v) is 7.20. The number of nitrogens with one attached hydrogen (secondary N) is 1. The van der Waals surface area contributed by atoms with E-state index in [0.29, 0.717) is 33.6 Å². The summed E-state index contributed by atoms with van der Waals surface area (Å²) in [5, 5.41) is 27.5. The summed E-state index contributed by atoms with van der Waals surface area (Å²) < 4.78 is 5.74. The van der Waals surface area contributed by atoms with Crippen molar-refractivity contribution in [2.75, 3.05) is 0 Å². The molecule has 0 atom stereocenters. The molecule has 3 rings (SSSR count). The van der Waals surface area contributed by atoms with Crippen LogP contribution < -0.4 is 0 Å². The van der Waals surface area contributed by atoms with E-state index in [2.05, 4.69) is 15.2 Å². The lowest BCUT2D eigenvalue weighted by Crippen LogP contribution is -1.97. The van der Waals surface area contributed by atoms with Crippen LogP contribution in [0.2, 0.25) is 0 Å². The number of H-pyrrole nitrogens is 1. The minimum absolute atomic E-state index is 0.00330. The monoisotopic (exact) mass is 414 g/mol. The first-order valence-electron chi connectivity index (χ1n) is 8.76. The van der Waals surface area contributed by atoms with E-state index in [1.54, 1.807) is 25.1 Å². The molecule has 0 aliphatic rings. The summed E-state index contributed by atoms with van der Waals surface area (Å²) in [6.07, 6.45) is 3.03. The number of nitrogens with zero attached hydrogens (tertiary/aromatic N) is 3. The fourth-order valence-corrected chi connectivity index (χ4v) is 3.35. The lowest BCUT2D eigenvalue weighted by Gasteiger charge is -2.02. The van der Waals surface area contributed by atoms with Gasteiger partial charge in [0.2, 0.25) is 5.16 Å². The average molecular weight is 414 g/mol. The fourth-order valence-electron chi connectivity index (χ4n) is 2.65. The van der Waals surface area contributed by atoms with Crippen LogP contribution in [0.15, 0.2) is 44.8 Å². The van der Waals surface area contributed by atoms with E-state index in [-0.39, 0.29) is 10.6 Å². The number of nitro benzene ring substituents is 1. The quantitative estimate of drug-likeness (QED) is 0.239. The SMILES string of the molecule is CCCc1nc(S/C(=C\c2ccc(-c3ccc([N+](=O)[O-])cc3C)o2)C(=O)O)n[nH]1. The van der Waals surface area contributed by atoms with Gasteiger partial charge in [-0.05, 0) is 48.9 Å². The normalized spacial score (nSPS) is 11.6. The Kier molecular flexibility index (Phi) is 6.13. The van der Waals surface area contributed by atoms with Crippen molar-refractivity contribution in [2.45, 2.75) is 31.8 Å². The van der Waals surface area contributed by atoms with Gasteiger partial charge in [-0.3, -0.25) is 15.2 Å². The van der Waals surface area contributed by atoms with Gasteiger partial charge in [0, 0.05) is 30.2 Å². The molecule has 2 heterocycles. The highest BCUT2D eigenvalue weighted by Gasteiger charge is 2.16. The minimum atomic E-state index is -1.12. The number of aryl methyl sites for hydroxylation is 2. The lowest BCUT2D eigenvalue weighted by atomic mass is 10.1. The fraction of sp³-hybridized carbons (Fsp3) is 0.211. The van der Waals surface area contributed by atoms with Gasteiger partial charge in [0.15, 0.2) is 0 Å². The highest BCUT2D eigenvalue weighted by molar-refractivity contribution is 8.04. The third-order valence-corrected chi connectivity index (χ3v) is 4.87. The van der Waals surface area contributed by atoms with E-state index >= 15 is 0 Å². The lowest BCUT2D eigenvalue weighted by molar-refractivity contribution is -0.384. The second-order valence-electron chi connectivity index (χ2n) is 6.19. The second kappa shape index (κ2) is 8.74. The summed E-state index contributed by atoms with van der Waals surface area (Å²) in [5.74, 6) is 0.406. The van der Waals surface area contributed by atoms with E-state index in [1.165, 1.54) is 18.2 Å². The Hall–Kier alpha value is -3.40. The number of nitro groups is 1. The molecule has 0 saturated carbocycles. The van der Waals surface area contributed by atoms with Crippen molar-refractivity contribution >= 4 is 29.5 Å². The Bertz CT molecular complexity index is 1090. The molecule has 3 aromatic rings. The van der Waals surface area contributed by atoms with Gasteiger partial charge in [-0.15, -0.1) is 5.10 Å². The van der Waals surface area contributed by atoms with Crippen molar-refractivity contribution in [3.63, 3.8) is 0 Å². The molecule has 10 heteroatoms. The number of hydrogen-bond donors (Lipinski definition) is 2. The summed E-state index contributed by atoms with van der Waals surface area (Å²) in [6, 6.07) is 7.80. The molecule has 0 fully saturated rings. The number of hydrogen-bond acceptors (Lipinski definition) is 7. The van der Waals surface area contributed by atoms with Crippen molar-refractivity contribution in [3.8, 4) is 11.3 Å². The number of carbonyl (C=O) groups is 1. The Morgan fingerprint density at radius 3 is 2.83 bits per heavy atom. The van der Waals surface area contributed by atoms with E-state index < -0.39 is 10.9 Å². The number of carboxylic acids is 1. The van der Waals surface area contributed by atoms with Crippen LogP contribution in [0.4, 0.5) is 5.69 Å². The van der Waals surface area contributed by atoms with E-state index in [0.717, 1.165) is 24.6 Å². The van der Waals surface area contributed by atoms with E-state index in [1.807, 2.05) is 6.92 Å². The van der Waals surface area contributed by atoms with Gasteiger partial charge in [0.25, 0.3) is 5.69 Å². The van der Waals surface area contributed by atoms with E-state index in [9.17, 15) is 20.0 Å². The standard InChI is InChI=1S/C19H18N4O5S/c1-3-4-17-20-19(22-21-17)29-16(18(24)25)10-13-6-8-15(28-13)14-7-5-12(23(26)27)9-11(14)2/h5-10H,3-4H2,1-2H3,(H,24,25)(H,20,21,22)/b16-10-. The van der Waals surface area contributed by atoms with Crippen LogP contribution in [-0.4, -0.2) is 31.2 Å². The maximum Gasteiger partial charge on any atom is 0.342 e. The van der Waals surface area contributed by atoms with Crippen LogP contribution in [-0.2, 0) is 11.2 Å².